The molecule has 1 aromatic heterocycles. The highest BCUT2D eigenvalue weighted by Crippen LogP contribution is 2.31. The number of oxazole rings is 1. The first-order valence-corrected chi connectivity index (χ1v) is 6.02. The molecular formula is C13H14N2O3. The molecule has 1 aromatic carbocycles. The van der Waals surface area contributed by atoms with Crippen LogP contribution in [-0.4, -0.2) is 28.6 Å². The smallest absolute Gasteiger partial charge is 0.326 e. The number of carboxylic acids is 1. The molecular weight excluding hydrogens is 232 g/mol. The van der Waals surface area contributed by atoms with Gasteiger partial charge in [0.25, 0.3) is 6.01 Å². The monoisotopic (exact) mass is 246 g/mol. The molecule has 94 valence electrons. The first kappa shape index (κ1) is 11.1. The molecule has 0 spiro atoms. The lowest BCUT2D eigenvalue weighted by atomic mass is 10.0. The maximum absolute atomic E-state index is 11.3. The predicted octanol–water partition coefficient (Wildman–Crippen LogP) is 2.13. The summed E-state index contributed by atoms with van der Waals surface area (Å²) in [6.45, 7) is 2.62. The third kappa shape index (κ3) is 1.63. The minimum Gasteiger partial charge on any atom is -0.480 e. The quantitative estimate of drug-likeness (QED) is 0.879. The topological polar surface area (TPSA) is 66.6 Å². The Balaban J connectivity index is 2.01. The van der Waals surface area contributed by atoms with Crippen molar-refractivity contribution in [3.8, 4) is 0 Å². The number of anilines is 1. The van der Waals surface area contributed by atoms with Crippen LogP contribution in [0.2, 0.25) is 0 Å². The number of nitrogens with zero attached hydrogens (tertiary/aromatic N) is 2. The Morgan fingerprint density at radius 1 is 1.50 bits per heavy atom. The van der Waals surface area contributed by atoms with Gasteiger partial charge in [-0.15, -0.1) is 0 Å². The van der Waals surface area contributed by atoms with Gasteiger partial charge >= 0.3 is 5.97 Å². The maximum Gasteiger partial charge on any atom is 0.326 e. The molecule has 1 aliphatic rings. The maximum atomic E-state index is 11.3. The van der Waals surface area contributed by atoms with E-state index < -0.39 is 12.0 Å². The minimum atomic E-state index is -0.817. The van der Waals surface area contributed by atoms with Gasteiger partial charge in [0.15, 0.2) is 5.58 Å². The molecule has 1 N–H and O–H groups in total. The molecule has 5 nitrogen and oxygen atoms in total. The SMILES string of the molecule is CC1CCN(c2nc3ccccc3o2)C1C(=O)O. The Bertz CT molecular complexity index is 560. The lowest BCUT2D eigenvalue weighted by molar-refractivity contribution is -0.139. The molecule has 1 fully saturated rings. The minimum absolute atomic E-state index is 0.109. The van der Waals surface area contributed by atoms with Crippen molar-refractivity contribution < 1.29 is 14.3 Å². The number of carboxylic acid groups (broad SMARTS) is 1. The van der Waals surface area contributed by atoms with E-state index >= 15 is 0 Å². The summed E-state index contributed by atoms with van der Waals surface area (Å²) >= 11 is 0. The number of hydrogen-bond donors (Lipinski definition) is 1. The van der Waals surface area contributed by atoms with Gasteiger partial charge in [-0.1, -0.05) is 19.1 Å². The average Bonchev–Trinajstić information content (AvgIpc) is 2.91. The number of carbonyl (C=O) groups is 1. The van der Waals surface area contributed by atoms with Gasteiger partial charge in [0.1, 0.15) is 11.6 Å². The summed E-state index contributed by atoms with van der Waals surface area (Å²) in [5.41, 5.74) is 1.45. The molecule has 1 saturated heterocycles. The van der Waals surface area contributed by atoms with Crippen LogP contribution in [0.25, 0.3) is 11.1 Å². The summed E-state index contributed by atoms with van der Waals surface area (Å²) < 4.78 is 5.63. The molecule has 3 rings (SSSR count). The van der Waals surface area contributed by atoms with Gasteiger partial charge < -0.3 is 14.4 Å². The van der Waals surface area contributed by atoms with E-state index in [9.17, 15) is 9.90 Å². The molecule has 0 saturated carbocycles. The predicted molar refractivity (Wildman–Crippen MR) is 66.6 cm³/mol. The van der Waals surface area contributed by atoms with E-state index in [1.165, 1.54) is 0 Å². The number of aliphatic carboxylic acids is 1. The van der Waals surface area contributed by atoms with Crippen LogP contribution in [0.3, 0.4) is 0 Å². The summed E-state index contributed by atoms with van der Waals surface area (Å²) in [6.07, 6.45) is 0.843. The Hall–Kier alpha value is -2.04. The normalized spacial score (nSPS) is 23.7. The van der Waals surface area contributed by atoms with Crippen molar-refractivity contribution in [1.29, 1.82) is 0 Å². The van der Waals surface area contributed by atoms with E-state index in [0.29, 0.717) is 18.1 Å². The van der Waals surface area contributed by atoms with E-state index in [2.05, 4.69) is 4.98 Å². The summed E-state index contributed by atoms with van der Waals surface area (Å²) in [5.74, 6) is -0.709. The zero-order valence-electron chi connectivity index (χ0n) is 10.0. The molecule has 2 atom stereocenters. The third-order valence-electron chi connectivity index (χ3n) is 3.48. The second kappa shape index (κ2) is 4.01. The van der Waals surface area contributed by atoms with E-state index in [1.54, 1.807) is 4.90 Å². The van der Waals surface area contributed by atoms with Crippen LogP contribution in [0.15, 0.2) is 28.7 Å². The van der Waals surface area contributed by atoms with Crippen LogP contribution < -0.4 is 4.90 Å². The first-order chi connectivity index (χ1) is 8.66. The van der Waals surface area contributed by atoms with Gasteiger partial charge in [0.2, 0.25) is 0 Å². The second-order valence-corrected chi connectivity index (χ2v) is 4.71. The van der Waals surface area contributed by atoms with Crippen molar-refractivity contribution >= 4 is 23.1 Å². The molecule has 0 radical (unpaired) electrons. The highest BCUT2D eigenvalue weighted by Gasteiger charge is 2.39. The number of benzene rings is 1. The molecule has 0 bridgehead atoms. The zero-order chi connectivity index (χ0) is 12.7. The van der Waals surface area contributed by atoms with Gasteiger partial charge in [-0.25, -0.2) is 4.79 Å². The molecule has 18 heavy (non-hydrogen) atoms. The van der Waals surface area contributed by atoms with Crippen molar-refractivity contribution in [1.82, 2.24) is 4.98 Å². The van der Waals surface area contributed by atoms with E-state index in [0.717, 1.165) is 11.9 Å². The fourth-order valence-electron chi connectivity index (χ4n) is 2.52. The molecule has 2 aromatic rings. The molecule has 1 aliphatic heterocycles. The molecule has 0 aliphatic carbocycles. The molecule has 5 heteroatoms. The number of para-hydroxylation sites is 2. The Labute approximate surface area is 104 Å². The fourth-order valence-corrected chi connectivity index (χ4v) is 2.52. The van der Waals surface area contributed by atoms with Gasteiger partial charge in [0.05, 0.1) is 0 Å². The van der Waals surface area contributed by atoms with Crippen LogP contribution >= 0.6 is 0 Å². The van der Waals surface area contributed by atoms with Gasteiger partial charge in [0, 0.05) is 6.54 Å². The van der Waals surface area contributed by atoms with Crippen LogP contribution in [0, 0.1) is 5.92 Å². The molecule has 2 unspecified atom stereocenters. The third-order valence-corrected chi connectivity index (χ3v) is 3.48. The van der Waals surface area contributed by atoms with E-state index in [-0.39, 0.29) is 5.92 Å². The lowest BCUT2D eigenvalue weighted by Gasteiger charge is -2.20. The average molecular weight is 246 g/mol. The van der Waals surface area contributed by atoms with E-state index in [4.69, 9.17) is 4.42 Å². The summed E-state index contributed by atoms with van der Waals surface area (Å²) in [4.78, 5) is 17.4. The van der Waals surface area contributed by atoms with Crippen molar-refractivity contribution in [2.75, 3.05) is 11.4 Å². The number of fused-ring (bicyclic) bond motifs is 1. The number of hydrogen-bond acceptors (Lipinski definition) is 4. The summed E-state index contributed by atoms with van der Waals surface area (Å²) in [6, 6.07) is 7.32. The highest BCUT2D eigenvalue weighted by molar-refractivity contribution is 5.80. The fraction of sp³-hybridized carbons (Fsp3) is 0.385. The Morgan fingerprint density at radius 2 is 2.28 bits per heavy atom. The van der Waals surface area contributed by atoms with Crippen LogP contribution in [-0.2, 0) is 4.79 Å². The molecule has 2 heterocycles. The second-order valence-electron chi connectivity index (χ2n) is 4.71. The zero-order valence-corrected chi connectivity index (χ0v) is 10.0. The van der Waals surface area contributed by atoms with Crippen molar-refractivity contribution in [3.05, 3.63) is 24.3 Å². The van der Waals surface area contributed by atoms with Crippen LogP contribution in [0.1, 0.15) is 13.3 Å². The van der Waals surface area contributed by atoms with Crippen molar-refractivity contribution in [3.63, 3.8) is 0 Å². The lowest BCUT2D eigenvalue weighted by Crippen LogP contribution is -2.39. The summed E-state index contributed by atoms with van der Waals surface area (Å²) in [7, 11) is 0. The first-order valence-electron chi connectivity index (χ1n) is 6.02. The van der Waals surface area contributed by atoms with E-state index in [1.807, 2.05) is 31.2 Å². The van der Waals surface area contributed by atoms with Crippen LogP contribution in [0.5, 0.6) is 0 Å². The Kier molecular flexibility index (Phi) is 2.47. The van der Waals surface area contributed by atoms with Gasteiger partial charge in [-0.3, -0.25) is 0 Å². The largest absolute Gasteiger partial charge is 0.480 e. The molecule has 0 amide bonds. The van der Waals surface area contributed by atoms with Gasteiger partial charge in [-0.2, -0.15) is 4.98 Å². The number of aromatic nitrogens is 1. The highest BCUT2D eigenvalue weighted by atomic mass is 16.4. The van der Waals surface area contributed by atoms with Gasteiger partial charge in [-0.05, 0) is 24.5 Å². The summed E-state index contributed by atoms with van der Waals surface area (Å²) in [5, 5.41) is 9.28. The standard InChI is InChI=1S/C13H14N2O3/c1-8-6-7-15(11(8)12(16)17)13-14-9-4-2-3-5-10(9)18-13/h2-5,8,11H,6-7H2,1H3,(H,16,17). The van der Waals surface area contributed by atoms with Crippen LogP contribution in [0.4, 0.5) is 6.01 Å². The Morgan fingerprint density at radius 3 is 3.00 bits per heavy atom. The number of rotatable bonds is 2. The van der Waals surface area contributed by atoms with Crippen molar-refractivity contribution in [2.45, 2.75) is 19.4 Å². The van der Waals surface area contributed by atoms with Crippen molar-refractivity contribution in [2.24, 2.45) is 5.92 Å².